The number of anilines is 2. The van der Waals surface area contributed by atoms with Crippen LogP contribution in [0.15, 0.2) is 0 Å². The molecule has 0 atom stereocenters. The summed E-state index contributed by atoms with van der Waals surface area (Å²) in [5.41, 5.74) is 1.12. The van der Waals surface area contributed by atoms with Crippen molar-refractivity contribution in [3.05, 3.63) is 11.4 Å². The molecule has 5 heteroatoms. The van der Waals surface area contributed by atoms with Gasteiger partial charge in [0.15, 0.2) is 0 Å². The van der Waals surface area contributed by atoms with Crippen LogP contribution in [0.1, 0.15) is 37.1 Å². The number of nitrogens with one attached hydrogen (secondary N) is 1. The summed E-state index contributed by atoms with van der Waals surface area (Å²) in [6.07, 6.45) is 2.44. The highest BCUT2D eigenvalue weighted by Crippen LogP contribution is 2.39. The van der Waals surface area contributed by atoms with E-state index in [1.165, 1.54) is 12.8 Å². The van der Waals surface area contributed by atoms with Crippen molar-refractivity contribution in [2.24, 2.45) is 0 Å². The minimum absolute atomic E-state index is 0.563. The van der Waals surface area contributed by atoms with Gasteiger partial charge in [0.05, 0.1) is 6.61 Å². The van der Waals surface area contributed by atoms with Crippen LogP contribution in [0.25, 0.3) is 0 Å². The first-order valence-electron chi connectivity index (χ1n) is 6.99. The quantitative estimate of drug-likeness (QED) is 0.818. The SMILES string of the molecule is CCNc1nc(C2CC2)nc(N(C)CCOC)c1C. The number of hydrogen-bond donors (Lipinski definition) is 1. The van der Waals surface area contributed by atoms with Crippen LogP contribution in [0.5, 0.6) is 0 Å². The van der Waals surface area contributed by atoms with Crippen molar-refractivity contribution in [2.75, 3.05) is 44.1 Å². The number of methoxy groups -OCH3 is 1. The van der Waals surface area contributed by atoms with Gasteiger partial charge in [-0.1, -0.05) is 0 Å². The Kier molecular flexibility index (Phi) is 4.58. The Bertz CT molecular complexity index is 432. The van der Waals surface area contributed by atoms with Gasteiger partial charge in [-0.15, -0.1) is 0 Å². The van der Waals surface area contributed by atoms with Gasteiger partial charge in [-0.2, -0.15) is 0 Å². The molecule has 1 aromatic rings. The van der Waals surface area contributed by atoms with Gasteiger partial charge in [-0.3, -0.25) is 0 Å². The second-order valence-corrected chi connectivity index (χ2v) is 5.10. The molecule has 106 valence electrons. The van der Waals surface area contributed by atoms with Gasteiger partial charge >= 0.3 is 0 Å². The third-order valence-electron chi connectivity index (χ3n) is 3.42. The number of nitrogens with zero attached hydrogens (tertiary/aromatic N) is 3. The number of ether oxygens (including phenoxy) is 1. The maximum atomic E-state index is 5.14. The molecule has 1 aliphatic rings. The third kappa shape index (κ3) is 3.35. The summed E-state index contributed by atoms with van der Waals surface area (Å²) in [5, 5.41) is 3.34. The fraction of sp³-hybridized carbons (Fsp3) is 0.714. The molecule has 0 amide bonds. The molecule has 1 aliphatic carbocycles. The Morgan fingerprint density at radius 2 is 2.11 bits per heavy atom. The van der Waals surface area contributed by atoms with Crippen molar-refractivity contribution in [2.45, 2.75) is 32.6 Å². The molecule has 0 unspecified atom stereocenters. The van der Waals surface area contributed by atoms with E-state index < -0.39 is 0 Å². The summed E-state index contributed by atoms with van der Waals surface area (Å²) >= 11 is 0. The summed E-state index contributed by atoms with van der Waals surface area (Å²) in [6, 6.07) is 0. The van der Waals surface area contributed by atoms with Gasteiger partial charge in [0.2, 0.25) is 0 Å². The first-order chi connectivity index (χ1) is 9.17. The van der Waals surface area contributed by atoms with Gasteiger partial charge in [-0.25, -0.2) is 9.97 Å². The Labute approximate surface area is 115 Å². The van der Waals surface area contributed by atoms with Crippen LogP contribution < -0.4 is 10.2 Å². The van der Waals surface area contributed by atoms with E-state index in [-0.39, 0.29) is 0 Å². The zero-order chi connectivity index (χ0) is 13.8. The molecule has 1 heterocycles. The Hall–Kier alpha value is -1.36. The monoisotopic (exact) mass is 264 g/mol. The van der Waals surface area contributed by atoms with Crippen LogP contribution in [0.2, 0.25) is 0 Å². The van der Waals surface area contributed by atoms with Crippen molar-refractivity contribution >= 4 is 11.6 Å². The van der Waals surface area contributed by atoms with Crippen LogP contribution in [-0.4, -0.2) is 43.8 Å². The highest BCUT2D eigenvalue weighted by atomic mass is 16.5. The van der Waals surface area contributed by atoms with Gasteiger partial charge in [0, 0.05) is 38.7 Å². The second-order valence-electron chi connectivity index (χ2n) is 5.10. The van der Waals surface area contributed by atoms with E-state index in [2.05, 4.69) is 36.1 Å². The summed E-state index contributed by atoms with van der Waals surface area (Å²) in [4.78, 5) is 11.6. The lowest BCUT2D eigenvalue weighted by molar-refractivity contribution is 0.206. The fourth-order valence-corrected chi connectivity index (χ4v) is 2.09. The summed E-state index contributed by atoms with van der Waals surface area (Å²) in [7, 11) is 3.78. The molecule has 19 heavy (non-hydrogen) atoms. The Balaban J connectivity index is 2.28. The van der Waals surface area contributed by atoms with Gasteiger partial charge in [-0.05, 0) is 26.7 Å². The Morgan fingerprint density at radius 3 is 2.68 bits per heavy atom. The van der Waals surface area contributed by atoms with Crippen molar-refractivity contribution in [1.82, 2.24) is 9.97 Å². The number of likely N-dealkylation sites (N-methyl/N-ethyl adjacent to an activating group) is 1. The lowest BCUT2D eigenvalue weighted by Crippen LogP contribution is -2.25. The molecule has 1 aromatic heterocycles. The molecule has 0 bridgehead atoms. The largest absolute Gasteiger partial charge is 0.383 e. The van der Waals surface area contributed by atoms with Gasteiger partial charge in [0.25, 0.3) is 0 Å². The van der Waals surface area contributed by atoms with E-state index in [0.29, 0.717) is 12.5 Å². The number of aromatic nitrogens is 2. The minimum atomic E-state index is 0.563. The van der Waals surface area contributed by atoms with Crippen molar-refractivity contribution in [3.8, 4) is 0 Å². The summed E-state index contributed by atoms with van der Waals surface area (Å²) < 4.78 is 5.14. The van der Waals surface area contributed by atoms with Crippen LogP contribution in [0, 0.1) is 6.92 Å². The van der Waals surface area contributed by atoms with Crippen LogP contribution in [-0.2, 0) is 4.74 Å². The second kappa shape index (κ2) is 6.19. The average molecular weight is 264 g/mol. The summed E-state index contributed by atoms with van der Waals surface area (Å²) in [6.45, 7) is 6.59. The molecule has 1 saturated carbocycles. The van der Waals surface area contributed by atoms with E-state index in [4.69, 9.17) is 9.72 Å². The van der Waals surface area contributed by atoms with Gasteiger partial charge in [0.1, 0.15) is 17.5 Å². The molecule has 2 rings (SSSR count). The maximum absolute atomic E-state index is 5.14. The molecular formula is C14H24N4O. The van der Waals surface area contributed by atoms with E-state index in [0.717, 1.165) is 36.1 Å². The molecule has 0 aliphatic heterocycles. The molecule has 1 fully saturated rings. The first-order valence-corrected chi connectivity index (χ1v) is 6.99. The first kappa shape index (κ1) is 14.1. The van der Waals surface area contributed by atoms with Crippen LogP contribution >= 0.6 is 0 Å². The van der Waals surface area contributed by atoms with Crippen molar-refractivity contribution < 1.29 is 4.74 Å². The molecule has 0 radical (unpaired) electrons. The zero-order valence-electron chi connectivity index (χ0n) is 12.4. The average Bonchev–Trinajstić information content (AvgIpc) is 3.23. The highest BCUT2D eigenvalue weighted by Gasteiger charge is 2.28. The lowest BCUT2D eigenvalue weighted by atomic mass is 10.2. The molecule has 0 aromatic carbocycles. The third-order valence-corrected chi connectivity index (χ3v) is 3.42. The van der Waals surface area contributed by atoms with Crippen molar-refractivity contribution in [1.29, 1.82) is 0 Å². The topological polar surface area (TPSA) is 50.3 Å². The van der Waals surface area contributed by atoms with Crippen LogP contribution in [0.4, 0.5) is 11.6 Å². The van der Waals surface area contributed by atoms with E-state index in [9.17, 15) is 0 Å². The zero-order valence-corrected chi connectivity index (χ0v) is 12.4. The molecule has 1 N–H and O–H groups in total. The van der Waals surface area contributed by atoms with Crippen LogP contribution in [0.3, 0.4) is 0 Å². The van der Waals surface area contributed by atoms with Gasteiger partial charge < -0.3 is 15.0 Å². The molecule has 0 spiro atoms. The molecule has 0 saturated heterocycles. The Morgan fingerprint density at radius 1 is 1.37 bits per heavy atom. The lowest BCUT2D eigenvalue weighted by Gasteiger charge is -2.22. The smallest absolute Gasteiger partial charge is 0.137 e. The number of hydrogen-bond acceptors (Lipinski definition) is 5. The van der Waals surface area contributed by atoms with E-state index in [1.54, 1.807) is 7.11 Å². The standard InChI is InChI=1S/C14H24N4O/c1-5-15-12-10(2)14(18(3)8-9-19-4)17-13(16-12)11-6-7-11/h11H,5-9H2,1-4H3,(H,15,16,17). The predicted octanol–water partition coefficient (Wildman–Crippen LogP) is 2.18. The minimum Gasteiger partial charge on any atom is -0.383 e. The molecule has 5 nitrogen and oxygen atoms in total. The van der Waals surface area contributed by atoms with Crippen molar-refractivity contribution in [3.63, 3.8) is 0 Å². The fourth-order valence-electron chi connectivity index (χ4n) is 2.09. The number of rotatable bonds is 7. The highest BCUT2D eigenvalue weighted by molar-refractivity contribution is 5.58. The predicted molar refractivity (Wildman–Crippen MR) is 78.1 cm³/mol. The summed E-state index contributed by atoms with van der Waals surface area (Å²) in [5.74, 6) is 3.54. The normalized spacial score (nSPS) is 14.5. The van der Waals surface area contributed by atoms with E-state index in [1.807, 2.05) is 0 Å². The molecular weight excluding hydrogens is 240 g/mol. The van der Waals surface area contributed by atoms with E-state index >= 15 is 0 Å². The maximum Gasteiger partial charge on any atom is 0.137 e.